The molecule has 0 radical (unpaired) electrons. The summed E-state index contributed by atoms with van der Waals surface area (Å²) in [6.45, 7) is 0. The predicted octanol–water partition coefficient (Wildman–Crippen LogP) is 13.2. The van der Waals surface area contributed by atoms with Crippen LogP contribution in [0, 0.1) is 0 Å². The van der Waals surface area contributed by atoms with Crippen LogP contribution < -0.4 is 9.64 Å². The Labute approximate surface area is 315 Å². The molecule has 0 bridgehead atoms. The summed E-state index contributed by atoms with van der Waals surface area (Å²) in [4.78, 5) is 7.08. The van der Waals surface area contributed by atoms with E-state index in [-0.39, 0.29) is 12.0 Å². The van der Waals surface area contributed by atoms with Crippen LogP contribution in [0.3, 0.4) is 0 Å². The van der Waals surface area contributed by atoms with Crippen molar-refractivity contribution in [3.8, 4) is 39.1 Å². The van der Waals surface area contributed by atoms with Gasteiger partial charge in [-0.15, -0.1) is 0 Å². The lowest BCUT2D eigenvalue weighted by atomic mass is 9.80. The Kier molecular flexibility index (Phi) is 7.96. The molecule has 2 atom stereocenters. The van der Waals surface area contributed by atoms with Gasteiger partial charge < -0.3 is 9.64 Å². The van der Waals surface area contributed by atoms with Gasteiger partial charge in [0.1, 0.15) is 11.9 Å². The normalized spacial score (nSPS) is 15.6. The lowest BCUT2D eigenvalue weighted by Gasteiger charge is -2.26. The number of benzene rings is 7. The van der Waals surface area contributed by atoms with Gasteiger partial charge >= 0.3 is 0 Å². The van der Waals surface area contributed by atoms with E-state index in [1.54, 1.807) is 0 Å². The third-order valence-corrected chi connectivity index (χ3v) is 10.7. The molecule has 10 rings (SSSR count). The number of hydrogen-bond acceptors (Lipinski definition) is 3. The van der Waals surface area contributed by atoms with Crippen molar-refractivity contribution < 1.29 is 4.74 Å². The Bertz CT molecular complexity index is 2570. The van der Waals surface area contributed by atoms with Crippen molar-refractivity contribution in [3.63, 3.8) is 0 Å². The van der Waals surface area contributed by atoms with Crippen LogP contribution >= 0.6 is 0 Å². The van der Waals surface area contributed by atoms with E-state index in [4.69, 9.17) is 9.72 Å². The van der Waals surface area contributed by atoms with Crippen LogP contribution in [0.15, 0.2) is 206 Å². The fourth-order valence-electron chi connectivity index (χ4n) is 8.11. The molecule has 2 unspecified atom stereocenters. The molecule has 8 aromatic rings. The van der Waals surface area contributed by atoms with Gasteiger partial charge in [0.15, 0.2) is 0 Å². The lowest BCUT2D eigenvalue weighted by molar-refractivity contribution is 0.272. The maximum absolute atomic E-state index is 6.90. The van der Waals surface area contributed by atoms with Crippen LogP contribution in [0.5, 0.6) is 5.75 Å². The van der Waals surface area contributed by atoms with Gasteiger partial charge in [-0.25, -0.2) is 0 Å². The number of rotatable bonds is 7. The average Bonchev–Trinajstić information content (AvgIpc) is 3.66. The quantitative estimate of drug-likeness (QED) is 0.166. The molecule has 256 valence electrons. The number of hydrogen-bond donors (Lipinski definition) is 0. The molecule has 3 heteroatoms. The van der Waals surface area contributed by atoms with E-state index in [1.165, 1.54) is 44.2 Å². The molecule has 0 saturated carbocycles. The summed E-state index contributed by atoms with van der Waals surface area (Å²) in [5, 5.41) is 2.43. The minimum Gasteiger partial charge on any atom is -0.484 e. The number of fused-ring (bicyclic) bond motifs is 5. The zero-order chi connectivity index (χ0) is 35.8. The van der Waals surface area contributed by atoms with Gasteiger partial charge in [0.25, 0.3) is 0 Å². The number of nitrogens with zero attached hydrogens (tertiary/aromatic N) is 2. The Balaban J connectivity index is 1.06. The van der Waals surface area contributed by atoms with E-state index < -0.39 is 0 Å². The second kappa shape index (κ2) is 13.5. The molecule has 0 spiro atoms. The molecule has 1 aromatic heterocycles. The second-order valence-corrected chi connectivity index (χ2v) is 13.9. The van der Waals surface area contributed by atoms with Crippen LogP contribution in [0.2, 0.25) is 0 Å². The van der Waals surface area contributed by atoms with Crippen LogP contribution in [0.1, 0.15) is 17.2 Å². The van der Waals surface area contributed by atoms with Gasteiger partial charge in [-0.1, -0.05) is 140 Å². The van der Waals surface area contributed by atoms with Crippen molar-refractivity contribution in [2.24, 2.45) is 0 Å². The van der Waals surface area contributed by atoms with Gasteiger partial charge in [-0.05, 0) is 105 Å². The van der Waals surface area contributed by atoms with Gasteiger partial charge in [0.2, 0.25) is 0 Å². The number of ether oxygens (including phenoxy) is 1. The fraction of sp³-hybridized carbons (Fsp3) is 0.0392. The van der Waals surface area contributed by atoms with Crippen LogP contribution in [-0.4, -0.2) is 11.1 Å². The van der Waals surface area contributed by atoms with Crippen LogP contribution in [-0.2, 0) is 0 Å². The summed E-state index contributed by atoms with van der Waals surface area (Å²) in [6, 6.07) is 64.8. The Hall–Kier alpha value is -6.97. The van der Waals surface area contributed by atoms with Crippen molar-refractivity contribution >= 4 is 33.4 Å². The first-order chi connectivity index (χ1) is 26.8. The molecule has 0 N–H and O–H groups in total. The average molecular weight is 693 g/mol. The SMILES string of the molecule is C1=CC2Oc3c(-c4ccc(N(c5ccc(-c6ccccc6)cc5)c5ccc(-c6ccccc6)cc5)cc4)cc4ccccc4c3C2C(c2ccccn2)=C1. The van der Waals surface area contributed by atoms with E-state index in [0.29, 0.717) is 0 Å². The molecule has 54 heavy (non-hydrogen) atoms. The van der Waals surface area contributed by atoms with Gasteiger partial charge in [0.05, 0.1) is 11.6 Å². The van der Waals surface area contributed by atoms with E-state index in [2.05, 4.69) is 199 Å². The fourth-order valence-corrected chi connectivity index (χ4v) is 8.11. The van der Waals surface area contributed by atoms with Crippen molar-refractivity contribution in [1.82, 2.24) is 4.98 Å². The third-order valence-electron chi connectivity index (χ3n) is 10.7. The summed E-state index contributed by atoms with van der Waals surface area (Å²) in [6.07, 6.45) is 8.27. The highest BCUT2D eigenvalue weighted by Gasteiger charge is 2.40. The number of pyridine rings is 1. The molecule has 1 aliphatic heterocycles. The Morgan fingerprint density at radius 2 is 1.04 bits per heavy atom. The number of aromatic nitrogens is 1. The zero-order valence-corrected chi connectivity index (χ0v) is 29.6. The molecule has 2 heterocycles. The standard InChI is InChI=1S/C51H36N2O/c1-3-12-35(13-4-1)37-21-27-41(28-22-37)53(42-29-23-38(24-30-42)36-14-5-2-6-15-36)43-31-25-39(26-32-43)46-34-40-16-7-8-17-44(40)50-49-45(47-19-9-10-33-52-47)18-11-20-48(49)54-51(46)50/h1-34,48-49H. The monoisotopic (exact) mass is 692 g/mol. The highest BCUT2D eigenvalue weighted by Crippen LogP contribution is 2.54. The Morgan fingerprint density at radius 3 is 1.63 bits per heavy atom. The minimum atomic E-state index is -0.0981. The van der Waals surface area contributed by atoms with Gasteiger partial charge in [-0.3, -0.25) is 4.98 Å². The van der Waals surface area contributed by atoms with Gasteiger partial charge in [0, 0.05) is 34.4 Å². The van der Waals surface area contributed by atoms with E-state index in [0.717, 1.165) is 39.6 Å². The molecule has 0 saturated heterocycles. The number of anilines is 3. The smallest absolute Gasteiger partial charge is 0.132 e. The summed E-state index contributed by atoms with van der Waals surface area (Å²) in [5.74, 6) is 1.01. The molecular formula is C51H36N2O. The van der Waals surface area contributed by atoms with E-state index >= 15 is 0 Å². The van der Waals surface area contributed by atoms with Crippen molar-refractivity contribution in [3.05, 3.63) is 218 Å². The third kappa shape index (κ3) is 5.67. The second-order valence-electron chi connectivity index (χ2n) is 13.9. The van der Waals surface area contributed by atoms with Crippen molar-refractivity contribution in [2.75, 3.05) is 4.90 Å². The molecule has 0 amide bonds. The topological polar surface area (TPSA) is 25.4 Å². The van der Waals surface area contributed by atoms with Crippen LogP contribution in [0.25, 0.3) is 49.7 Å². The molecular weight excluding hydrogens is 657 g/mol. The van der Waals surface area contributed by atoms with Gasteiger partial charge in [-0.2, -0.15) is 0 Å². The maximum atomic E-state index is 6.90. The molecule has 0 fully saturated rings. The maximum Gasteiger partial charge on any atom is 0.132 e. The molecule has 3 nitrogen and oxygen atoms in total. The summed E-state index contributed by atoms with van der Waals surface area (Å²) < 4.78 is 6.90. The van der Waals surface area contributed by atoms with Crippen LogP contribution in [0.4, 0.5) is 17.1 Å². The number of allylic oxidation sites excluding steroid dienone is 2. The summed E-state index contributed by atoms with van der Waals surface area (Å²) in [7, 11) is 0. The highest BCUT2D eigenvalue weighted by molar-refractivity contribution is 5.98. The molecule has 7 aromatic carbocycles. The summed E-state index contributed by atoms with van der Waals surface area (Å²) in [5.41, 5.74) is 13.7. The first-order valence-corrected chi connectivity index (χ1v) is 18.5. The van der Waals surface area contributed by atoms with Crippen molar-refractivity contribution in [1.29, 1.82) is 0 Å². The first kappa shape index (κ1) is 31.7. The predicted molar refractivity (Wildman–Crippen MR) is 223 cm³/mol. The minimum absolute atomic E-state index is 0.0530. The molecule has 2 aliphatic rings. The zero-order valence-electron chi connectivity index (χ0n) is 29.6. The summed E-state index contributed by atoms with van der Waals surface area (Å²) >= 11 is 0. The van der Waals surface area contributed by atoms with E-state index in [9.17, 15) is 0 Å². The highest BCUT2D eigenvalue weighted by atomic mass is 16.5. The first-order valence-electron chi connectivity index (χ1n) is 18.5. The van der Waals surface area contributed by atoms with E-state index in [1.807, 2.05) is 12.3 Å². The largest absolute Gasteiger partial charge is 0.484 e. The lowest BCUT2D eigenvalue weighted by Crippen LogP contribution is -2.19. The Morgan fingerprint density at radius 1 is 0.500 bits per heavy atom. The van der Waals surface area contributed by atoms with Crippen molar-refractivity contribution in [2.45, 2.75) is 12.0 Å². The molecule has 1 aliphatic carbocycles.